The lowest BCUT2D eigenvalue weighted by atomic mass is 10.0. The molecule has 5 nitrogen and oxygen atoms in total. The third kappa shape index (κ3) is 3.93. The second-order valence-corrected chi connectivity index (χ2v) is 11.3. The summed E-state index contributed by atoms with van der Waals surface area (Å²) in [4.78, 5) is 15.0. The summed E-state index contributed by atoms with van der Waals surface area (Å²) in [7, 11) is -3.51. The number of carbonyl (C=O) groups excluding carboxylic acids is 1. The number of thioether (sulfide) groups is 1. The summed E-state index contributed by atoms with van der Waals surface area (Å²) in [6.07, 6.45) is 1.25. The largest absolute Gasteiger partial charge is 0.323 e. The average Bonchev–Trinajstić information content (AvgIpc) is 3.11. The summed E-state index contributed by atoms with van der Waals surface area (Å²) in [5.41, 5.74) is 1.64. The highest BCUT2D eigenvalue weighted by Crippen LogP contribution is 2.45. The zero-order valence-electron chi connectivity index (χ0n) is 16.2. The Labute approximate surface area is 181 Å². The highest BCUT2D eigenvalue weighted by Gasteiger charge is 2.48. The Balaban J connectivity index is 1.50. The number of piperidine rings is 1. The van der Waals surface area contributed by atoms with E-state index in [0.717, 1.165) is 11.3 Å². The van der Waals surface area contributed by atoms with Crippen molar-refractivity contribution in [3.8, 4) is 0 Å². The molecule has 0 aromatic heterocycles. The first-order valence-electron chi connectivity index (χ1n) is 9.60. The van der Waals surface area contributed by atoms with Gasteiger partial charge in [0.05, 0.1) is 9.77 Å². The SMILES string of the molecule is Cc1ccc(S(=O)(=O)N2CCC3(CC2)SCCN3C(=O)c2ccc(Cl)cc2)cc1. The number of sulfonamides is 1. The lowest BCUT2D eigenvalue weighted by molar-refractivity contribution is 0.0605. The second kappa shape index (κ2) is 7.95. The van der Waals surface area contributed by atoms with Crippen molar-refractivity contribution in [3.63, 3.8) is 0 Å². The molecule has 2 aliphatic rings. The van der Waals surface area contributed by atoms with Crippen LogP contribution in [0.4, 0.5) is 0 Å². The van der Waals surface area contributed by atoms with Crippen LogP contribution in [0.1, 0.15) is 28.8 Å². The van der Waals surface area contributed by atoms with Gasteiger partial charge in [-0.25, -0.2) is 8.42 Å². The van der Waals surface area contributed by atoms with E-state index in [1.165, 1.54) is 0 Å². The van der Waals surface area contributed by atoms with Gasteiger partial charge in [0, 0.05) is 36.0 Å². The summed E-state index contributed by atoms with van der Waals surface area (Å²) in [6.45, 7) is 3.43. The smallest absolute Gasteiger partial charge is 0.254 e. The third-order valence-electron chi connectivity index (χ3n) is 5.68. The molecule has 29 heavy (non-hydrogen) atoms. The number of aryl methyl sites for hydroxylation is 1. The molecule has 1 amide bonds. The van der Waals surface area contributed by atoms with Crippen LogP contribution in [-0.2, 0) is 10.0 Å². The number of benzene rings is 2. The van der Waals surface area contributed by atoms with Crippen LogP contribution in [0.5, 0.6) is 0 Å². The van der Waals surface area contributed by atoms with Gasteiger partial charge in [0.25, 0.3) is 5.91 Å². The van der Waals surface area contributed by atoms with Crippen LogP contribution in [-0.4, -0.2) is 53.8 Å². The fourth-order valence-corrected chi connectivity index (χ4v) is 7.02. The first-order chi connectivity index (χ1) is 13.8. The Morgan fingerprint density at radius 2 is 1.62 bits per heavy atom. The molecule has 4 rings (SSSR count). The van der Waals surface area contributed by atoms with Gasteiger partial charge in [0.15, 0.2) is 0 Å². The minimum absolute atomic E-state index is 0.0125. The fraction of sp³-hybridized carbons (Fsp3) is 0.381. The highest BCUT2D eigenvalue weighted by atomic mass is 35.5. The van der Waals surface area contributed by atoms with Gasteiger partial charge >= 0.3 is 0 Å². The molecule has 0 bridgehead atoms. The van der Waals surface area contributed by atoms with Gasteiger partial charge < -0.3 is 4.90 Å². The first kappa shape index (κ1) is 20.7. The van der Waals surface area contributed by atoms with Crippen molar-refractivity contribution < 1.29 is 13.2 Å². The number of nitrogens with zero attached hydrogens (tertiary/aromatic N) is 2. The molecule has 2 fully saturated rings. The molecule has 2 aliphatic heterocycles. The maximum Gasteiger partial charge on any atom is 0.254 e. The van der Waals surface area contributed by atoms with Crippen molar-refractivity contribution in [2.24, 2.45) is 0 Å². The van der Waals surface area contributed by atoms with Crippen LogP contribution in [0, 0.1) is 6.92 Å². The quantitative estimate of drug-likeness (QED) is 0.708. The van der Waals surface area contributed by atoms with Crippen molar-refractivity contribution in [1.82, 2.24) is 9.21 Å². The molecule has 0 N–H and O–H groups in total. The molecular formula is C21H23ClN2O3S2. The molecule has 0 atom stereocenters. The van der Waals surface area contributed by atoms with Crippen molar-refractivity contribution in [1.29, 1.82) is 0 Å². The first-order valence-corrected chi connectivity index (χ1v) is 12.4. The molecule has 154 valence electrons. The van der Waals surface area contributed by atoms with E-state index in [-0.39, 0.29) is 10.8 Å². The third-order valence-corrected chi connectivity index (χ3v) is 9.39. The maximum atomic E-state index is 13.1. The molecule has 2 saturated heterocycles. The molecule has 0 aliphatic carbocycles. The lowest BCUT2D eigenvalue weighted by Crippen LogP contribution is -2.53. The number of amides is 1. The van der Waals surface area contributed by atoms with E-state index in [2.05, 4.69) is 0 Å². The number of carbonyl (C=O) groups is 1. The molecule has 2 aromatic carbocycles. The van der Waals surface area contributed by atoms with Crippen molar-refractivity contribution in [2.75, 3.05) is 25.4 Å². The Kier molecular flexibility index (Phi) is 5.68. The Bertz CT molecular complexity index is 999. The average molecular weight is 451 g/mol. The number of rotatable bonds is 3. The van der Waals surface area contributed by atoms with Gasteiger partial charge in [-0.1, -0.05) is 29.3 Å². The topological polar surface area (TPSA) is 57.7 Å². The summed E-state index contributed by atoms with van der Waals surface area (Å²) in [6, 6.07) is 13.9. The molecule has 0 saturated carbocycles. The number of halogens is 1. The lowest BCUT2D eigenvalue weighted by Gasteiger charge is -2.43. The molecule has 0 unspecified atom stereocenters. The Morgan fingerprint density at radius 3 is 2.24 bits per heavy atom. The minimum Gasteiger partial charge on any atom is -0.323 e. The maximum absolute atomic E-state index is 13.1. The van der Waals surface area contributed by atoms with Gasteiger partial charge in [0.2, 0.25) is 10.0 Å². The summed E-state index contributed by atoms with van der Waals surface area (Å²) in [5, 5.41) is 0.599. The summed E-state index contributed by atoms with van der Waals surface area (Å²) >= 11 is 7.71. The summed E-state index contributed by atoms with van der Waals surface area (Å²) < 4.78 is 27.5. The van der Waals surface area contributed by atoms with E-state index < -0.39 is 10.0 Å². The van der Waals surface area contributed by atoms with Gasteiger partial charge in [-0.05, 0) is 56.2 Å². The van der Waals surface area contributed by atoms with Gasteiger partial charge in [-0.15, -0.1) is 11.8 Å². The predicted octanol–water partition coefficient (Wildman–Crippen LogP) is 4.02. The van der Waals surface area contributed by atoms with E-state index in [9.17, 15) is 13.2 Å². The van der Waals surface area contributed by atoms with Crippen LogP contribution in [0.2, 0.25) is 5.02 Å². The van der Waals surface area contributed by atoms with E-state index in [1.54, 1.807) is 52.5 Å². The molecule has 1 spiro atoms. The normalized spacial score (nSPS) is 19.6. The minimum atomic E-state index is -3.51. The van der Waals surface area contributed by atoms with Crippen LogP contribution in [0.3, 0.4) is 0 Å². The zero-order valence-corrected chi connectivity index (χ0v) is 18.6. The number of hydrogen-bond donors (Lipinski definition) is 0. The van der Waals surface area contributed by atoms with E-state index in [0.29, 0.717) is 48.0 Å². The Hall–Kier alpha value is -1.54. The van der Waals surface area contributed by atoms with E-state index in [4.69, 9.17) is 11.6 Å². The van der Waals surface area contributed by atoms with E-state index in [1.807, 2.05) is 24.0 Å². The van der Waals surface area contributed by atoms with Crippen LogP contribution in [0.15, 0.2) is 53.4 Å². The van der Waals surface area contributed by atoms with Gasteiger partial charge in [-0.2, -0.15) is 4.31 Å². The predicted molar refractivity (Wildman–Crippen MR) is 117 cm³/mol. The van der Waals surface area contributed by atoms with E-state index >= 15 is 0 Å². The second-order valence-electron chi connectivity index (χ2n) is 7.48. The Morgan fingerprint density at radius 1 is 1.00 bits per heavy atom. The van der Waals surface area contributed by atoms with Crippen molar-refractivity contribution in [2.45, 2.75) is 29.5 Å². The number of hydrogen-bond acceptors (Lipinski definition) is 4. The van der Waals surface area contributed by atoms with Crippen molar-refractivity contribution >= 4 is 39.3 Å². The van der Waals surface area contributed by atoms with Gasteiger partial charge in [-0.3, -0.25) is 4.79 Å². The van der Waals surface area contributed by atoms with Crippen LogP contribution < -0.4 is 0 Å². The van der Waals surface area contributed by atoms with Crippen LogP contribution >= 0.6 is 23.4 Å². The molecular weight excluding hydrogens is 428 g/mol. The molecule has 2 heterocycles. The zero-order chi connectivity index (χ0) is 20.6. The summed E-state index contributed by atoms with van der Waals surface area (Å²) in [5.74, 6) is 0.853. The molecule has 2 aromatic rings. The van der Waals surface area contributed by atoms with Crippen molar-refractivity contribution in [3.05, 3.63) is 64.7 Å². The highest BCUT2D eigenvalue weighted by molar-refractivity contribution is 8.00. The molecule has 0 radical (unpaired) electrons. The standard InChI is InChI=1S/C21H23ClN2O3S2/c1-16-2-8-19(9-3-16)29(26,27)23-12-10-21(11-13-23)24(14-15-28-21)20(25)17-4-6-18(22)7-5-17/h2-9H,10-15H2,1H3. The fourth-order valence-electron chi connectivity index (χ4n) is 3.99. The monoisotopic (exact) mass is 450 g/mol. The van der Waals surface area contributed by atoms with Crippen LogP contribution in [0.25, 0.3) is 0 Å². The van der Waals surface area contributed by atoms with Gasteiger partial charge in [0.1, 0.15) is 0 Å². The molecule has 8 heteroatoms.